The first-order valence-electron chi connectivity index (χ1n) is 0.667. The Hall–Kier alpha value is 0.0300. The monoisotopic (exact) mass is 83.0 g/mol. The van der Waals surface area contributed by atoms with Gasteiger partial charge in [-0.3, -0.25) is 0 Å². The normalized spacial score (nSPS) is 6.50. The molecule has 0 heterocycles. The van der Waals surface area contributed by atoms with E-state index in [2.05, 4.69) is 0 Å². The zero-order valence-corrected chi connectivity index (χ0v) is 2.99. The van der Waals surface area contributed by atoms with Crippen molar-refractivity contribution < 1.29 is 8.78 Å². The van der Waals surface area contributed by atoms with Gasteiger partial charge in [-0.25, -0.2) is 0 Å². The van der Waals surface area contributed by atoms with E-state index in [9.17, 15) is 8.78 Å². The molecular formula is CH2F2P+. The number of rotatable bonds is 0. The molecule has 0 nitrogen and oxygen atoms in total. The minimum atomic E-state index is -1.67. The van der Waals surface area contributed by atoms with E-state index in [-0.39, 0.29) is 0 Å². The molecule has 1 unspecified atom stereocenters. The number of halogens is 2. The van der Waals surface area contributed by atoms with Gasteiger partial charge in [0.05, 0.1) is 0 Å². The first kappa shape index (κ1) is 4.03. The van der Waals surface area contributed by atoms with Crippen molar-refractivity contribution in [1.29, 1.82) is 0 Å². The molecule has 0 N–H and O–H groups in total. The van der Waals surface area contributed by atoms with Gasteiger partial charge in [0, 0.05) is 0 Å². The molecule has 4 heavy (non-hydrogen) atoms. The fraction of sp³-hybridized carbons (Fsp3) is 0. The van der Waals surface area contributed by atoms with Crippen LogP contribution >= 0.6 is 8.86 Å². The van der Waals surface area contributed by atoms with Gasteiger partial charge < -0.3 is 0 Å². The Morgan fingerprint density at radius 2 is 1.50 bits per heavy atom. The molecule has 0 saturated heterocycles. The molecule has 0 spiro atoms. The van der Waals surface area contributed by atoms with Crippen LogP contribution in [0.15, 0.2) is 0 Å². The molecule has 0 saturated carbocycles. The fourth-order valence-corrected chi connectivity index (χ4v) is 0. The Morgan fingerprint density at radius 1 is 1.50 bits per heavy atom. The lowest BCUT2D eigenvalue weighted by Crippen LogP contribution is -1.52. The third-order valence-electron chi connectivity index (χ3n) is 0. The van der Waals surface area contributed by atoms with Crippen LogP contribution in [0.1, 0.15) is 0 Å². The summed E-state index contributed by atoms with van der Waals surface area (Å²) in [7, 11) is 1.24. The Labute approximate surface area is 24.7 Å². The highest BCUT2D eigenvalue weighted by atomic mass is 31.0. The van der Waals surface area contributed by atoms with Crippen LogP contribution in [0.4, 0.5) is 8.78 Å². The van der Waals surface area contributed by atoms with Crippen LogP contribution in [0.5, 0.6) is 0 Å². The van der Waals surface area contributed by atoms with Crippen LogP contribution in [0.25, 0.3) is 0 Å². The highest BCUT2D eigenvalue weighted by molar-refractivity contribution is 7.19. The van der Waals surface area contributed by atoms with Crippen molar-refractivity contribution >= 4 is 14.7 Å². The smallest absolute Gasteiger partial charge is 0.130 e. The summed E-state index contributed by atoms with van der Waals surface area (Å²) in [6, 6.07) is 0. The molecule has 0 aliphatic carbocycles. The topological polar surface area (TPSA) is 0 Å². The largest absolute Gasteiger partial charge is 0.439 e. The maximum absolute atomic E-state index is 10.2. The average molecular weight is 83.0 g/mol. The summed E-state index contributed by atoms with van der Waals surface area (Å²) in [6.45, 7) is 0. The van der Waals surface area contributed by atoms with Crippen LogP contribution < -0.4 is 0 Å². The quantitative estimate of drug-likeness (QED) is 0.381. The SMILES string of the molecule is FC(F)=[PH2+]. The summed E-state index contributed by atoms with van der Waals surface area (Å²) in [4.78, 5) is 0. The predicted molar refractivity (Wildman–Crippen MR) is 16.9 cm³/mol. The van der Waals surface area contributed by atoms with Crippen molar-refractivity contribution in [3.63, 3.8) is 0 Å². The summed E-state index contributed by atoms with van der Waals surface area (Å²) in [5, 5.41) is 0. The summed E-state index contributed by atoms with van der Waals surface area (Å²) in [6.07, 6.45) is 0. The van der Waals surface area contributed by atoms with Gasteiger partial charge in [-0.2, -0.15) is 0 Å². The van der Waals surface area contributed by atoms with E-state index < -0.39 is 5.80 Å². The maximum Gasteiger partial charge on any atom is 0.439 e. The zero-order chi connectivity index (χ0) is 3.58. The standard InChI is InChI=1S/CHF2P/c2-1(3)4/h4H/p+1. The molecule has 0 aromatic rings. The van der Waals surface area contributed by atoms with Crippen LogP contribution in [-0.2, 0) is 0 Å². The third kappa shape index (κ3) is 2390. The van der Waals surface area contributed by atoms with E-state index in [1.54, 1.807) is 0 Å². The van der Waals surface area contributed by atoms with Crippen molar-refractivity contribution in [2.45, 2.75) is 0 Å². The van der Waals surface area contributed by atoms with Gasteiger partial charge in [0.25, 0.3) is 0 Å². The summed E-state index contributed by atoms with van der Waals surface area (Å²) >= 11 is 0. The minimum Gasteiger partial charge on any atom is -0.130 e. The van der Waals surface area contributed by atoms with E-state index in [1.165, 1.54) is 8.86 Å². The van der Waals surface area contributed by atoms with Gasteiger partial charge in [0.1, 0.15) is 8.86 Å². The van der Waals surface area contributed by atoms with Gasteiger partial charge in [-0.15, -0.1) is 8.78 Å². The third-order valence-corrected chi connectivity index (χ3v) is 0. The first-order valence-corrected chi connectivity index (χ1v) is 1.24. The van der Waals surface area contributed by atoms with Gasteiger partial charge in [-0.1, -0.05) is 0 Å². The van der Waals surface area contributed by atoms with Crippen LogP contribution in [-0.4, -0.2) is 5.80 Å². The van der Waals surface area contributed by atoms with Crippen LogP contribution in [0.3, 0.4) is 0 Å². The van der Waals surface area contributed by atoms with Crippen LogP contribution in [0, 0.1) is 0 Å². The molecule has 0 fully saturated rings. The Morgan fingerprint density at radius 3 is 1.50 bits per heavy atom. The van der Waals surface area contributed by atoms with Gasteiger partial charge >= 0.3 is 5.80 Å². The molecule has 0 rings (SSSR count). The minimum absolute atomic E-state index is 1.24. The summed E-state index contributed by atoms with van der Waals surface area (Å²) < 4.78 is 20.4. The van der Waals surface area contributed by atoms with Crippen molar-refractivity contribution in [3.05, 3.63) is 0 Å². The molecule has 0 aromatic heterocycles. The Balaban J connectivity index is 2.80. The van der Waals surface area contributed by atoms with Gasteiger partial charge in [0.2, 0.25) is 0 Å². The molecule has 0 aromatic carbocycles. The average Bonchev–Trinajstić information content (AvgIpc) is 0.811. The Kier molecular flexibility index (Phi) is 1.37. The van der Waals surface area contributed by atoms with Crippen molar-refractivity contribution in [3.8, 4) is 0 Å². The van der Waals surface area contributed by atoms with Gasteiger partial charge in [-0.05, 0) is 0 Å². The number of hydrogen-bond acceptors (Lipinski definition) is 0. The van der Waals surface area contributed by atoms with E-state index in [4.69, 9.17) is 0 Å². The molecule has 3 heteroatoms. The van der Waals surface area contributed by atoms with Crippen molar-refractivity contribution in [1.82, 2.24) is 0 Å². The second-order valence-electron chi connectivity index (χ2n) is 0.290. The highest BCUT2D eigenvalue weighted by Crippen LogP contribution is 1.77. The van der Waals surface area contributed by atoms with E-state index in [0.29, 0.717) is 0 Å². The molecule has 0 amide bonds. The van der Waals surface area contributed by atoms with Crippen molar-refractivity contribution in [2.24, 2.45) is 0 Å². The summed E-state index contributed by atoms with van der Waals surface area (Å²) in [5.41, 5.74) is 0. The zero-order valence-electron chi connectivity index (χ0n) is 1.83. The van der Waals surface area contributed by atoms with Crippen LogP contribution in [0.2, 0.25) is 0 Å². The molecular weight excluding hydrogens is 81.0 g/mol. The lowest BCUT2D eigenvalue weighted by molar-refractivity contribution is 0.642. The highest BCUT2D eigenvalue weighted by Gasteiger charge is 1.79. The number of hydrogen-bond donors (Lipinski definition) is 0. The second kappa shape index (κ2) is 1.36. The maximum atomic E-state index is 10.2. The Bertz CT molecular complexity index is 29.0. The molecule has 0 aliphatic heterocycles. The van der Waals surface area contributed by atoms with E-state index >= 15 is 0 Å². The predicted octanol–water partition coefficient (Wildman–Crippen LogP) is 0.888. The van der Waals surface area contributed by atoms with Gasteiger partial charge in [0.15, 0.2) is 0 Å². The molecule has 0 radical (unpaired) electrons. The molecule has 1 atom stereocenters. The van der Waals surface area contributed by atoms with Crippen molar-refractivity contribution in [2.75, 3.05) is 0 Å². The lowest BCUT2D eigenvalue weighted by Gasteiger charge is -1.42. The molecule has 24 valence electrons. The second-order valence-corrected chi connectivity index (χ2v) is 0.726. The lowest BCUT2D eigenvalue weighted by atomic mass is 11.7. The van der Waals surface area contributed by atoms with E-state index in [0.717, 1.165) is 0 Å². The fourth-order valence-electron chi connectivity index (χ4n) is 0. The molecule has 0 bridgehead atoms. The first-order chi connectivity index (χ1) is 1.73. The van der Waals surface area contributed by atoms with E-state index in [1.807, 2.05) is 0 Å². The summed E-state index contributed by atoms with van der Waals surface area (Å²) in [5.74, 6) is -1.67. The molecule has 0 aliphatic rings.